The molecule has 0 bridgehead atoms. The summed E-state index contributed by atoms with van der Waals surface area (Å²) in [5, 5.41) is 0. The van der Waals surface area contributed by atoms with E-state index in [-0.39, 0.29) is 12.5 Å². The van der Waals surface area contributed by atoms with Gasteiger partial charge in [0.1, 0.15) is 5.75 Å². The van der Waals surface area contributed by atoms with Crippen LogP contribution in [-0.4, -0.2) is 18.8 Å². The minimum absolute atomic E-state index is 0.0794. The largest absolute Gasteiger partial charge is 0.494 e. The number of ether oxygens (including phenoxy) is 1. The van der Waals surface area contributed by atoms with Gasteiger partial charge in [-0.05, 0) is 31.4 Å². The topological polar surface area (TPSA) is 35.2 Å². The molecule has 0 amide bonds. The summed E-state index contributed by atoms with van der Waals surface area (Å²) < 4.78 is 41.2. The number of nitrogens with two attached hydrogens (primary N) is 1. The molecule has 0 aromatic heterocycles. The number of hydrogen-bond donors (Lipinski definition) is 1. The molecule has 1 atom stereocenters. The van der Waals surface area contributed by atoms with E-state index in [2.05, 4.69) is 0 Å². The van der Waals surface area contributed by atoms with Crippen LogP contribution in [0.4, 0.5) is 13.2 Å². The SMILES string of the molecule is NC(CCCC(F)(F)F)CCOc1ccccc1. The zero-order valence-electron chi connectivity index (χ0n) is 10.1. The van der Waals surface area contributed by atoms with Gasteiger partial charge in [0.25, 0.3) is 0 Å². The van der Waals surface area contributed by atoms with E-state index in [1.54, 1.807) is 0 Å². The van der Waals surface area contributed by atoms with Crippen molar-refractivity contribution in [3.63, 3.8) is 0 Å². The number of hydrogen-bond acceptors (Lipinski definition) is 2. The lowest BCUT2D eigenvalue weighted by molar-refractivity contribution is -0.135. The fraction of sp³-hybridized carbons (Fsp3) is 0.538. The summed E-state index contributed by atoms with van der Waals surface area (Å²) in [5.41, 5.74) is 5.72. The van der Waals surface area contributed by atoms with E-state index >= 15 is 0 Å². The Labute approximate surface area is 105 Å². The van der Waals surface area contributed by atoms with Gasteiger partial charge in [0, 0.05) is 12.5 Å². The second-order valence-corrected chi connectivity index (χ2v) is 4.22. The highest BCUT2D eigenvalue weighted by Crippen LogP contribution is 2.22. The lowest BCUT2D eigenvalue weighted by Crippen LogP contribution is -2.23. The van der Waals surface area contributed by atoms with E-state index in [1.807, 2.05) is 30.3 Å². The van der Waals surface area contributed by atoms with Crippen LogP contribution in [0.5, 0.6) is 5.75 Å². The van der Waals surface area contributed by atoms with Crippen LogP contribution in [0.25, 0.3) is 0 Å². The molecule has 0 heterocycles. The molecule has 0 aliphatic rings. The lowest BCUT2D eigenvalue weighted by atomic mass is 10.1. The Kier molecular flexibility index (Phi) is 5.98. The fourth-order valence-corrected chi connectivity index (χ4v) is 1.55. The fourth-order valence-electron chi connectivity index (χ4n) is 1.55. The van der Waals surface area contributed by atoms with Crippen molar-refractivity contribution in [3.8, 4) is 5.75 Å². The van der Waals surface area contributed by atoms with E-state index < -0.39 is 12.6 Å². The maximum absolute atomic E-state index is 11.9. The molecular weight excluding hydrogens is 243 g/mol. The first-order chi connectivity index (χ1) is 8.47. The summed E-state index contributed by atoms with van der Waals surface area (Å²) in [6.07, 6.45) is -3.83. The summed E-state index contributed by atoms with van der Waals surface area (Å²) in [7, 11) is 0. The third-order valence-electron chi connectivity index (χ3n) is 2.54. The number of para-hydroxylation sites is 1. The highest BCUT2D eigenvalue weighted by molar-refractivity contribution is 5.20. The van der Waals surface area contributed by atoms with Gasteiger partial charge < -0.3 is 10.5 Å². The summed E-state index contributed by atoms with van der Waals surface area (Å²) in [6, 6.07) is 9.02. The van der Waals surface area contributed by atoms with Crippen LogP contribution in [0.1, 0.15) is 25.7 Å². The standard InChI is InChI=1S/C13H18F3NO/c14-13(15,16)9-4-5-11(17)8-10-18-12-6-2-1-3-7-12/h1-3,6-7,11H,4-5,8-10,17H2. The Morgan fingerprint density at radius 3 is 2.39 bits per heavy atom. The zero-order chi connectivity index (χ0) is 13.4. The maximum Gasteiger partial charge on any atom is 0.389 e. The van der Waals surface area contributed by atoms with Crippen molar-refractivity contribution in [2.24, 2.45) is 5.73 Å². The normalized spacial score (nSPS) is 13.3. The van der Waals surface area contributed by atoms with Crippen molar-refractivity contribution in [1.29, 1.82) is 0 Å². The molecule has 0 aliphatic heterocycles. The van der Waals surface area contributed by atoms with Crippen LogP contribution in [0.15, 0.2) is 30.3 Å². The number of alkyl halides is 3. The maximum atomic E-state index is 11.9. The molecule has 2 nitrogen and oxygen atoms in total. The van der Waals surface area contributed by atoms with Crippen molar-refractivity contribution in [2.45, 2.75) is 37.9 Å². The van der Waals surface area contributed by atoms with Gasteiger partial charge in [-0.1, -0.05) is 18.2 Å². The smallest absolute Gasteiger partial charge is 0.389 e. The van der Waals surface area contributed by atoms with E-state index in [0.717, 1.165) is 5.75 Å². The monoisotopic (exact) mass is 261 g/mol. The molecular formula is C13H18F3NO. The number of halogens is 3. The highest BCUT2D eigenvalue weighted by atomic mass is 19.4. The summed E-state index contributed by atoms with van der Waals surface area (Å²) in [6.45, 7) is 0.428. The van der Waals surface area contributed by atoms with Gasteiger partial charge in [-0.3, -0.25) is 0 Å². The first kappa shape index (κ1) is 14.8. The molecule has 0 fully saturated rings. The van der Waals surface area contributed by atoms with Crippen LogP contribution in [0.3, 0.4) is 0 Å². The van der Waals surface area contributed by atoms with Crippen molar-refractivity contribution in [3.05, 3.63) is 30.3 Å². The molecule has 0 saturated carbocycles. The van der Waals surface area contributed by atoms with Crippen molar-refractivity contribution in [2.75, 3.05) is 6.61 Å². The molecule has 102 valence electrons. The van der Waals surface area contributed by atoms with Gasteiger partial charge >= 0.3 is 6.18 Å². The Morgan fingerprint density at radius 2 is 1.78 bits per heavy atom. The molecule has 0 radical (unpaired) electrons. The lowest BCUT2D eigenvalue weighted by Gasteiger charge is -2.13. The second-order valence-electron chi connectivity index (χ2n) is 4.22. The third kappa shape index (κ3) is 7.17. The van der Waals surface area contributed by atoms with E-state index in [0.29, 0.717) is 19.4 Å². The van der Waals surface area contributed by atoms with Crippen molar-refractivity contribution < 1.29 is 17.9 Å². The molecule has 0 spiro atoms. The van der Waals surface area contributed by atoms with Crippen LogP contribution in [0.2, 0.25) is 0 Å². The molecule has 18 heavy (non-hydrogen) atoms. The quantitative estimate of drug-likeness (QED) is 0.815. The average Bonchev–Trinajstić information content (AvgIpc) is 2.28. The van der Waals surface area contributed by atoms with Crippen molar-refractivity contribution in [1.82, 2.24) is 0 Å². The van der Waals surface area contributed by atoms with Crippen LogP contribution in [-0.2, 0) is 0 Å². The van der Waals surface area contributed by atoms with Crippen LogP contribution < -0.4 is 10.5 Å². The van der Waals surface area contributed by atoms with Gasteiger partial charge in [0.15, 0.2) is 0 Å². The second kappa shape index (κ2) is 7.26. The number of rotatable bonds is 7. The summed E-state index contributed by atoms with van der Waals surface area (Å²) in [4.78, 5) is 0. The number of benzene rings is 1. The van der Waals surface area contributed by atoms with E-state index in [4.69, 9.17) is 10.5 Å². The summed E-state index contributed by atoms with van der Waals surface area (Å²) >= 11 is 0. The first-order valence-electron chi connectivity index (χ1n) is 5.97. The van der Waals surface area contributed by atoms with Gasteiger partial charge in [0.05, 0.1) is 6.61 Å². The highest BCUT2D eigenvalue weighted by Gasteiger charge is 2.26. The van der Waals surface area contributed by atoms with Gasteiger partial charge in [-0.2, -0.15) is 13.2 Å². The molecule has 1 rings (SSSR count). The molecule has 1 unspecified atom stereocenters. The van der Waals surface area contributed by atoms with Gasteiger partial charge in [0.2, 0.25) is 0 Å². The molecule has 0 aliphatic carbocycles. The molecule has 0 saturated heterocycles. The molecule has 1 aromatic rings. The Hall–Kier alpha value is -1.23. The predicted octanol–water partition coefficient (Wildman–Crippen LogP) is 3.52. The molecule has 1 aromatic carbocycles. The third-order valence-corrected chi connectivity index (χ3v) is 2.54. The first-order valence-corrected chi connectivity index (χ1v) is 5.97. The Balaban J connectivity index is 2.09. The predicted molar refractivity (Wildman–Crippen MR) is 64.4 cm³/mol. The van der Waals surface area contributed by atoms with Crippen LogP contribution in [0, 0.1) is 0 Å². The van der Waals surface area contributed by atoms with E-state index in [1.165, 1.54) is 0 Å². The average molecular weight is 261 g/mol. The zero-order valence-corrected chi connectivity index (χ0v) is 10.1. The van der Waals surface area contributed by atoms with Crippen LogP contribution >= 0.6 is 0 Å². The van der Waals surface area contributed by atoms with Gasteiger partial charge in [-0.15, -0.1) is 0 Å². The minimum atomic E-state index is -4.08. The molecule has 2 N–H and O–H groups in total. The Bertz CT molecular complexity index is 327. The summed E-state index contributed by atoms with van der Waals surface area (Å²) in [5.74, 6) is 0.750. The van der Waals surface area contributed by atoms with Gasteiger partial charge in [-0.25, -0.2) is 0 Å². The molecule has 5 heteroatoms. The minimum Gasteiger partial charge on any atom is -0.494 e. The van der Waals surface area contributed by atoms with E-state index in [9.17, 15) is 13.2 Å². The van der Waals surface area contributed by atoms with Crippen molar-refractivity contribution >= 4 is 0 Å². The Morgan fingerprint density at radius 1 is 1.11 bits per heavy atom.